The van der Waals surface area contributed by atoms with Gasteiger partial charge in [-0.05, 0) is 79.9 Å². The second-order valence-electron chi connectivity index (χ2n) is 11.0. The summed E-state index contributed by atoms with van der Waals surface area (Å²) in [5.74, 6) is 0.363. The molecule has 2 N–H and O–H groups in total. The molecule has 2 aromatic heterocycles. The van der Waals surface area contributed by atoms with E-state index in [9.17, 15) is 14.4 Å². The standard InChI is InChI=1S/C33H34ClN5O4/c1-21-26(27-19-25(43-2)11-12-29(27)38(21)32(41)22-7-9-23(34)10-8-22)20-31(40)35-15-18-37-16-13-24(14-17-37)39-30-6-4-3-5-28(30)36-33(39)42/h3-12,19,24H,13-18,20H2,1-2H3,(H,35,40)(H,36,42). The average Bonchev–Trinajstić information content (AvgIpc) is 3.49. The molecule has 6 rings (SSSR count). The molecule has 1 saturated heterocycles. The van der Waals surface area contributed by atoms with Gasteiger partial charge < -0.3 is 19.9 Å². The zero-order valence-corrected chi connectivity index (χ0v) is 25.0. The van der Waals surface area contributed by atoms with Crippen molar-refractivity contribution in [1.29, 1.82) is 0 Å². The van der Waals surface area contributed by atoms with Crippen LogP contribution in [-0.4, -0.2) is 64.1 Å². The zero-order valence-electron chi connectivity index (χ0n) is 24.2. The summed E-state index contributed by atoms with van der Waals surface area (Å²) in [4.78, 5) is 44.6. The molecule has 3 aromatic carbocycles. The number of para-hydroxylation sites is 2. The van der Waals surface area contributed by atoms with Crippen LogP contribution in [0, 0.1) is 6.92 Å². The maximum absolute atomic E-state index is 13.5. The molecule has 1 fully saturated rings. The van der Waals surface area contributed by atoms with Gasteiger partial charge in [0, 0.05) is 53.9 Å². The number of likely N-dealkylation sites (tertiary alicyclic amines) is 1. The van der Waals surface area contributed by atoms with Crippen LogP contribution < -0.4 is 15.7 Å². The van der Waals surface area contributed by atoms with E-state index in [2.05, 4.69) is 15.2 Å². The Balaban J connectivity index is 1.10. The molecular formula is C33H34ClN5O4. The normalized spacial score (nSPS) is 14.4. The number of H-pyrrole nitrogens is 1. The highest BCUT2D eigenvalue weighted by Crippen LogP contribution is 2.31. The van der Waals surface area contributed by atoms with Crippen LogP contribution in [0.15, 0.2) is 71.5 Å². The lowest BCUT2D eigenvalue weighted by atomic mass is 10.0. The van der Waals surface area contributed by atoms with Crippen LogP contribution in [0.1, 0.15) is 40.5 Å². The third-order valence-electron chi connectivity index (χ3n) is 8.47. The smallest absolute Gasteiger partial charge is 0.326 e. The number of imidazole rings is 1. The fraction of sp³-hybridized carbons (Fsp3) is 0.303. The Morgan fingerprint density at radius 1 is 1.02 bits per heavy atom. The lowest BCUT2D eigenvalue weighted by molar-refractivity contribution is -0.120. The molecule has 9 nitrogen and oxygen atoms in total. The van der Waals surface area contributed by atoms with Gasteiger partial charge in [-0.25, -0.2) is 4.79 Å². The van der Waals surface area contributed by atoms with Gasteiger partial charge in [0.1, 0.15) is 5.75 Å². The van der Waals surface area contributed by atoms with Gasteiger partial charge in [-0.1, -0.05) is 23.7 Å². The first-order valence-electron chi connectivity index (χ1n) is 14.5. The van der Waals surface area contributed by atoms with Crippen LogP contribution in [0.4, 0.5) is 0 Å². The van der Waals surface area contributed by atoms with Crippen LogP contribution in [0.2, 0.25) is 5.02 Å². The summed E-state index contributed by atoms with van der Waals surface area (Å²) < 4.78 is 8.99. The van der Waals surface area contributed by atoms with Crippen molar-refractivity contribution in [2.24, 2.45) is 0 Å². The summed E-state index contributed by atoms with van der Waals surface area (Å²) in [7, 11) is 1.60. The Bertz CT molecular complexity index is 1860. The monoisotopic (exact) mass is 599 g/mol. The molecule has 0 spiro atoms. The molecule has 0 saturated carbocycles. The first-order chi connectivity index (χ1) is 20.8. The molecule has 1 aliphatic rings. The van der Waals surface area contributed by atoms with Gasteiger partial charge in [-0.15, -0.1) is 0 Å². The van der Waals surface area contributed by atoms with Crippen molar-refractivity contribution < 1.29 is 14.3 Å². The number of benzene rings is 3. The number of nitrogens with one attached hydrogen (secondary N) is 2. The molecule has 3 heterocycles. The minimum atomic E-state index is -0.186. The van der Waals surface area contributed by atoms with Crippen molar-refractivity contribution >= 4 is 45.4 Å². The predicted molar refractivity (Wildman–Crippen MR) is 168 cm³/mol. The lowest BCUT2D eigenvalue weighted by Gasteiger charge is -2.32. The van der Waals surface area contributed by atoms with E-state index in [4.69, 9.17) is 16.3 Å². The summed E-state index contributed by atoms with van der Waals surface area (Å²) in [6.07, 6.45) is 1.89. The molecule has 10 heteroatoms. The predicted octanol–water partition coefficient (Wildman–Crippen LogP) is 4.94. The van der Waals surface area contributed by atoms with Gasteiger partial charge in [-0.3, -0.25) is 18.7 Å². The Kier molecular flexibility index (Phi) is 8.10. The third kappa shape index (κ3) is 5.70. The molecular weight excluding hydrogens is 566 g/mol. The largest absolute Gasteiger partial charge is 0.497 e. The number of methoxy groups -OCH3 is 1. The van der Waals surface area contributed by atoms with Gasteiger partial charge >= 0.3 is 5.69 Å². The SMILES string of the molecule is COc1ccc2c(c1)c(CC(=O)NCCN1CCC(n3c(=O)[nH]c4ccccc43)CC1)c(C)n2C(=O)c1ccc(Cl)cc1. The number of halogens is 1. The minimum absolute atomic E-state index is 0.0592. The molecule has 1 amide bonds. The van der Waals surface area contributed by atoms with E-state index in [1.54, 1.807) is 35.9 Å². The third-order valence-corrected chi connectivity index (χ3v) is 8.72. The molecule has 43 heavy (non-hydrogen) atoms. The number of hydrogen-bond donors (Lipinski definition) is 2. The van der Waals surface area contributed by atoms with E-state index in [1.165, 1.54) is 0 Å². The fourth-order valence-corrected chi connectivity index (χ4v) is 6.34. The summed E-state index contributed by atoms with van der Waals surface area (Å²) in [5.41, 5.74) is 4.49. The van der Waals surface area contributed by atoms with Crippen LogP contribution in [0.5, 0.6) is 5.75 Å². The molecule has 0 radical (unpaired) electrons. The highest BCUT2D eigenvalue weighted by molar-refractivity contribution is 6.30. The van der Waals surface area contributed by atoms with E-state index in [-0.39, 0.29) is 30.0 Å². The van der Waals surface area contributed by atoms with Gasteiger partial charge in [0.25, 0.3) is 5.91 Å². The number of piperidine rings is 1. The molecule has 222 valence electrons. The number of carbonyl (C=O) groups excluding carboxylic acids is 2. The van der Waals surface area contributed by atoms with Crippen LogP contribution in [0.3, 0.4) is 0 Å². The van der Waals surface area contributed by atoms with Crippen LogP contribution in [-0.2, 0) is 11.2 Å². The summed E-state index contributed by atoms with van der Waals surface area (Å²) in [6, 6.07) is 20.3. The van der Waals surface area contributed by atoms with Gasteiger partial charge in [0.2, 0.25) is 5.91 Å². The van der Waals surface area contributed by atoms with Crippen molar-refractivity contribution in [1.82, 2.24) is 24.3 Å². The Morgan fingerprint density at radius 3 is 2.51 bits per heavy atom. The van der Waals surface area contributed by atoms with Crippen molar-refractivity contribution in [2.75, 3.05) is 33.3 Å². The highest BCUT2D eigenvalue weighted by atomic mass is 35.5. The van der Waals surface area contributed by atoms with E-state index in [1.807, 2.05) is 54.0 Å². The van der Waals surface area contributed by atoms with Crippen molar-refractivity contribution in [2.45, 2.75) is 32.2 Å². The van der Waals surface area contributed by atoms with E-state index in [0.717, 1.165) is 60.0 Å². The molecule has 5 aromatic rings. The summed E-state index contributed by atoms with van der Waals surface area (Å²) in [6.45, 7) is 4.82. The number of hydrogen-bond acceptors (Lipinski definition) is 5. The van der Waals surface area contributed by atoms with E-state index < -0.39 is 0 Å². The van der Waals surface area contributed by atoms with Crippen molar-refractivity contribution in [3.63, 3.8) is 0 Å². The molecule has 0 atom stereocenters. The second-order valence-corrected chi connectivity index (χ2v) is 11.4. The van der Waals surface area contributed by atoms with Gasteiger partial charge in [0.05, 0.1) is 30.1 Å². The molecule has 0 unspecified atom stereocenters. The Hall–Kier alpha value is -4.34. The number of fused-ring (bicyclic) bond motifs is 2. The maximum Gasteiger partial charge on any atom is 0.326 e. The van der Waals surface area contributed by atoms with Crippen LogP contribution >= 0.6 is 11.6 Å². The fourth-order valence-electron chi connectivity index (χ4n) is 6.21. The van der Waals surface area contributed by atoms with Crippen molar-refractivity contribution in [3.05, 3.63) is 99.1 Å². The van der Waals surface area contributed by atoms with Gasteiger partial charge in [0.15, 0.2) is 0 Å². The van der Waals surface area contributed by atoms with Crippen LogP contribution in [0.25, 0.3) is 21.9 Å². The Labute approximate surface area is 254 Å². The second kappa shape index (κ2) is 12.1. The number of nitrogens with zero attached hydrogens (tertiary/aromatic N) is 3. The molecule has 1 aliphatic heterocycles. The van der Waals surface area contributed by atoms with E-state index in [0.29, 0.717) is 28.6 Å². The van der Waals surface area contributed by atoms with E-state index >= 15 is 0 Å². The van der Waals surface area contributed by atoms with Gasteiger partial charge in [-0.2, -0.15) is 0 Å². The first-order valence-corrected chi connectivity index (χ1v) is 14.9. The summed E-state index contributed by atoms with van der Waals surface area (Å²) in [5, 5.41) is 4.43. The number of rotatable bonds is 8. The molecule has 0 aliphatic carbocycles. The first kappa shape index (κ1) is 28.8. The maximum atomic E-state index is 13.5. The Morgan fingerprint density at radius 2 is 1.77 bits per heavy atom. The average molecular weight is 600 g/mol. The highest BCUT2D eigenvalue weighted by Gasteiger charge is 2.24. The minimum Gasteiger partial charge on any atom is -0.497 e. The zero-order chi connectivity index (χ0) is 30.1. The topological polar surface area (TPSA) is 101 Å². The molecule has 0 bridgehead atoms. The number of ether oxygens (including phenoxy) is 1. The number of aromatic amines is 1. The number of amides is 1. The lowest BCUT2D eigenvalue weighted by Crippen LogP contribution is -2.41. The summed E-state index contributed by atoms with van der Waals surface area (Å²) >= 11 is 6.03. The number of carbonyl (C=O) groups is 2. The number of aromatic nitrogens is 3. The quantitative estimate of drug-likeness (QED) is 0.263. The van der Waals surface area contributed by atoms with Crippen molar-refractivity contribution in [3.8, 4) is 5.75 Å².